The molecule has 0 spiro atoms. The van der Waals surface area contributed by atoms with Gasteiger partial charge in [-0.15, -0.1) is 0 Å². The van der Waals surface area contributed by atoms with E-state index in [2.05, 4.69) is 20.1 Å². The summed E-state index contributed by atoms with van der Waals surface area (Å²) >= 11 is 6.30. The van der Waals surface area contributed by atoms with Crippen LogP contribution in [0.4, 0.5) is 0 Å². The van der Waals surface area contributed by atoms with E-state index in [0.29, 0.717) is 24.4 Å². The SMILES string of the molecule is Cc1c(-c2ccnc3cc(C(=O)N4CCN(Cc5ccccc5Cl)CC4)nn23)cnn1C. The minimum Gasteiger partial charge on any atom is -0.335 e. The highest BCUT2D eigenvalue weighted by Gasteiger charge is 2.25. The molecule has 1 saturated heterocycles. The van der Waals surface area contributed by atoms with E-state index in [4.69, 9.17) is 11.6 Å². The third-order valence-electron chi connectivity index (χ3n) is 6.10. The van der Waals surface area contributed by atoms with Gasteiger partial charge in [-0.1, -0.05) is 29.8 Å². The quantitative estimate of drug-likeness (QED) is 0.479. The van der Waals surface area contributed by atoms with E-state index < -0.39 is 0 Å². The molecular weight excluding hydrogens is 426 g/mol. The molecule has 0 radical (unpaired) electrons. The lowest BCUT2D eigenvalue weighted by atomic mass is 10.2. The highest BCUT2D eigenvalue weighted by molar-refractivity contribution is 6.31. The summed E-state index contributed by atoms with van der Waals surface area (Å²) in [6.07, 6.45) is 3.55. The minimum atomic E-state index is -0.0678. The van der Waals surface area contributed by atoms with Crippen LogP contribution in [0.1, 0.15) is 21.7 Å². The molecular formula is C23H24ClN7O. The van der Waals surface area contributed by atoms with Crippen LogP contribution in [0.2, 0.25) is 5.02 Å². The average Bonchev–Trinajstić information content (AvgIpc) is 3.39. The molecule has 0 atom stereocenters. The van der Waals surface area contributed by atoms with Gasteiger partial charge in [0.05, 0.1) is 11.9 Å². The van der Waals surface area contributed by atoms with Gasteiger partial charge in [0.25, 0.3) is 5.91 Å². The monoisotopic (exact) mass is 449 g/mol. The van der Waals surface area contributed by atoms with Gasteiger partial charge < -0.3 is 4.90 Å². The largest absolute Gasteiger partial charge is 0.335 e. The van der Waals surface area contributed by atoms with Crippen molar-refractivity contribution in [2.75, 3.05) is 26.2 Å². The van der Waals surface area contributed by atoms with Crippen LogP contribution in [0.25, 0.3) is 16.9 Å². The Kier molecular flexibility index (Phi) is 5.40. The Morgan fingerprint density at radius 3 is 2.62 bits per heavy atom. The molecule has 1 aliphatic heterocycles. The summed E-state index contributed by atoms with van der Waals surface area (Å²) < 4.78 is 3.55. The smallest absolute Gasteiger partial charge is 0.274 e. The van der Waals surface area contributed by atoms with Crippen molar-refractivity contribution < 1.29 is 4.79 Å². The highest BCUT2D eigenvalue weighted by atomic mass is 35.5. The standard InChI is InChI=1S/C23H24ClN7O/c1-16-18(14-26-28(16)2)21-7-8-25-22-13-20(27-31(21)22)23(32)30-11-9-29(10-12-30)15-17-5-3-4-6-19(17)24/h3-8,13-14H,9-12,15H2,1-2H3. The summed E-state index contributed by atoms with van der Waals surface area (Å²) in [5.74, 6) is -0.0678. The molecule has 0 unspecified atom stereocenters. The van der Waals surface area contributed by atoms with Crippen molar-refractivity contribution >= 4 is 23.2 Å². The molecule has 0 saturated carbocycles. The van der Waals surface area contributed by atoms with Crippen molar-refractivity contribution in [3.63, 3.8) is 0 Å². The first-order chi connectivity index (χ1) is 15.5. The number of rotatable bonds is 4. The Bertz CT molecular complexity index is 1290. The zero-order valence-corrected chi connectivity index (χ0v) is 18.8. The third kappa shape index (κ3) is 3.76. The highest BCUT2D eigenvalue weighted by Crippen LogP contribution is 2.24. The van der Waals surface area contributed by atoms with Gasteiger partial charge in [-0.3, -0.25) is 14.4 Å². The van der Waals surface area contributed by atoms with Crippen LogP contribution in [0.15, 0.2) is 48.8 Å². The van der Waals surface area contributed by atoms with Crippen molar-refractivity contribution in [1.82, 2.24) is 34.2 Å². The van der Waals surface area contributed by atoms with Crippen LogP contribution in [0.3, 0.4) is 0 Å². The Morgan fingerprint density at radius 2 is 1.91 bits per heavy atom. The molecule has 4 aromatic rings. The molecule has 0 bridgehead atoms. The number of amides is 1. The van der Waals surface area contributed by atoms with Crippen LogP contribution in [-0.4, -0.2) is 66.3 Å². The van der Waals surface area contributed by atoms with Gasteiger partial charge >= 0.3 is 0 Å². The van der Waals surface area contributed by atoms with Crippen LogP contribution in [0, 0.1) is 6.92 Å². The van der Waals surface area contributed by atoms with E-state index in [1.165, 1.54) is 0 Å². The maximum atomic E-state index is 13.2. The van der Waals surface area contributed by atoms with Crippen molar-refractivity contribution in [1.29, 1.82) is 0 Å². The van der Waals surface area contributed by atoms with E-state index >= 15 is 0 Å². The number of carbonyl (C=O) groups is 1. The second kappa shape index (κ2) is 8.37. The number of aryl methyl sites for hydroxylation is 1. The molecule has 0 aliphatic carbocycles. The van der Waals surface area contributed by atoms with Crippen molar-refractivity contribution in [3.8, 4) is 11.3 Å². The zero-order chi connectivity index (χ0) is 22.2. The second-order valence-electron chi connectivity index (χ2n) is 8.06. The lowest BCUT2D eigenvalue weighted by Crippen LogP contribution is -2.48. The zero-order valence-electron chi connectivity index (χ0n) is 18.1. The van der Waals surface area contributed by atoms with Gasteiger partial charge in [-0.05, 0) is 24.6 Å². The normalized spacial score (nSPS) is 14.9. The van der Waals surface area contributed by atoms with E-state index in [1.807, 2.05) is 60.1 Å². The van der Waals surface area contributed by atoms with E-state index in [1.54, 1.807) is 16.8 Å². The Hall–Kier alpha value is -3.23. The predicted octanol–water partition coefficient (Wildman–Crippen LogP) is 3.05. The minimum absolute atomic E-state index is 0.0678. The van der Waals surface area contributed by atoms with Gasteiger partial charge in [-0.2, -0.15) is 10.2 Å². The Balaban J connectivity index is 1.32. The van der Waals surface area contributed by atoms with E-state index in [-0.39, 0.29) is 5.91 Å². The summed E-state index contributed by atoms with van der Waals surface area (Å²) in [6, 6.07) is 11.5. The molecule has 1 amide bonds. The predicted molar refractivity (Wildman–Crippen MR) is 123 cm³/mol. The first kappa shape index (κ1) is 20.7. The Morgan fingerprint density at radius 1 is 1.12 bits per heavy atom. The summed E-state index contributed by atoms with van der Waals surface area (Å²) in [4.78, 5) is 21.8. The number of piperazine rings is 1. The number of carbonyl (C=O) groups excluding carboxylic acids is 1. The Labute approximate surface area is 191 Å². The summed E-state index contributed by atoms with van der Waals surface area (Å²) in [5.41, 5.74) is 5.02. The van der Waals surface area contributed by atoms with Crippen molar-refractivity contribution in [2.24, 2.45) is 7.05 Å². The summed E-state index contributed by atoms with van der Waals surface area (Å²) in [6.45, 7) is 5.68. The molecule has 1 fully saturated rings. The molecule has 164 valence electrons. The molecule has 32 heavy (non-hydrogen) atoms. The van der Waals surface area contributed by atoms with Crippen LogP contribution in [-0.2, 0) is 13.6 Å². The average molecular weight is 450 g/mol. The van der Waals surface area contributed by atoms with E-state index in [9.17, 15) is 4.79 Å². The van der Waals surface area contributed by atoms with E-state index in [0.717, 1.165) is 47.2 Å². The molecule has 1 aliphatic rings. The summed E-state index contributed by atoms with van der Waals surface area (Å²) in [5, 5.41) is 9.71. The maximum absolute atomic E-state index is 13.2. The number of hydrogen-bond donors (Lipinski definition) is 0. The first-order valence-corrected chi connectivity index (χ1v) is 11.0. The molecule has 1 aromatic carbocycles. The number of halogens is 1. The van der Waals surface area contributed by atoms with Gasteiger partial charge in [0.1, 0.15) is 0 Å². The number of hydrogen-bond acceptors (Lipinski definition) is 5. The molecule has 4 heterocycles. The molecule has 8 nitrogen and oxygen atoms in total. The van der Waals surface area contributed by atoms with Gasteiger partial charge in [0.2, 0.25) is 0 Å². The molecule has 0 N–H and O–H groups in total. The lowest BCUT2D eigenvalue weighted by Gasteiger charge is -2.34. The first-order valence-electron chi connectivity index (χ1n) is 10.6. The lowest BCUT2D eigenvalue weighted by molar-refractivity contribution is 0.0622. The fourth-order valence-electron chi connectivity index (χ4n) is 4.09. The number of fused-ring (bicyclic) bond motifs is 1. The van der Waals surface area contributed by atoms with Gasteiger partial charge in [0, 0.05) is 68.3 Å². The number of benzene rings is 1. The number of aromatic nitrogens is 5. The molecule has 5 rings (SSSR count). The van der Waals surface area contributed by atoms with Crippen LogP contribution in [0.5, 0.6) is 0 Å². The number of nitrogens with zero attached hydrogens (tertiary/aromatic N) is 7. The van der Waals surface area contributed by atoms with Gasteiger partial charge in [0.15, 0.2) is 11.3 Å². The van der Waals surface area contributed by atoms with Crippen LogP contribution >= 0.6 is 11.6 Å². The fraction of sp³-hybridized carbons (Fsp3) is 0.304. The fourth-order valence-corrected chi connectivity index (χ4v) is 4.29. The maximum Gasteiger partial charge on any atom is 0.274 e. The molecule has 9 heteroatoms. The topological polar surface area (TPSA) is 71.6 Å². The van der Waals surface area contributed by atoms with Crippen molar-refractivity contribution in [3.05, 3.63) is 70.8 Å². The van der Waals surface area contributed by atoms with Gasteiger partial charge in [-0.25, -0.2) is 9.50 Å². The second-order valence-corrected chi connectivity index (χ2v) is 8.46. The molecule has 3 aromatic heterocycles. The van der Waals surface area contributed by atoms with Crippen molar-refractivity contribution in [2.45, 2.75) is 13.5 Å². The summed E-state index contributed by atoms with van der Waals surface area (Å²) in [7, 11) is 1.90. The third-order valence-corrected chi connectivity index (χ3v) is 6.47. The van der Waals surface area contributed by atoms with Crippen LogP contribution < -0.4 is 0 Å².